The molecule has 2 rings (SSSR count). The first kappa shape index (κ1) is 11.9. The van der Waals surface area contributed by atoms with E-state index in [2.05, 4.69) is 38.7 Å². The van der Waals surface area contributed by atoms with Gasteiger partial charge in [-0.3, -0.25) is 0 Å². The highest BCUT2D eigenvalue weighted by molar-refractivity contribution is 5.00. The van der Waals surface area contributed by atoms with Crippen molar-refractivity contribution in [3.05, 3.63) is 36.4 Å². The van der Waals surface area contributed by atoms with Gasteiger partial charge in [0, 0.05) is 31.7 Å². The molecule has 2 heterocycles. The highest BCUT2D eigenvalue weighted by atomic mass is 15.1. The Bertz CT molecular complexity index is 431. The lowest BCUT2D eigenvalue weighted by molar-refractivity contribution is 0.485. The molecule has 0 aliphatic heterocycles. The maximum absolute atomic E-state index is 4.29. The molecule has 0 bridgehead atoms. The largest absolute Gasteiger partial charge is 0.347 e. The molecule has 0 radical (unpaired) electrons. The Kier molecular flexibility index (Phi) is 3.93. The summed E-state index contributed by atoms with van der Waals surface area (Å²) >= 11 is 0. The van der Waals surface area contributed by atoms with Crippen LogP contribution in [0.25, 0.3) is 0 Å². The fourth-order valence-electron chi connectivity index (χ4n) is 1.91. The molecular formula is C12H19N5. The summed E-state index contributed by atoms with van der Waals surface area (Å²) in [4.78, 5) is 11.6. The van der Waals surface area contributed by atoms with Crippen molar-refractivity contribution < 1.29 is 0 Å². The van der Waals surface area contributed by atoms with E-state index < -0.39 is 0 Å². The standard InChI is InChI=1S/C12H19N5/c1-3-11(12-14-5-6-15-12)16-8-10-7-13-9-17(10)4-2/h5-7,9,11,16H,3-4,8H2,1-2H3,(H,14,15). The third-order valence-electron chi connectivity index (χ3n) is 2.93. The number of hydrogen-bond acceptors (Lipinski definition) is 3. The summed E-state index contributed by atoms with van der Waals surface area (Å²) in [5.41, 5.74) is 1.21. The first-order valence-corrected chi connectivity index (χ1v) is 6.06. The molecule has 0 saturated heterocycles. The van der Waals surface area contributed by atoms with Gasteiger partial charge in [-0.05, 0) is 13.3 Å². The minimum Gasteiger partial charge on any atom is -0.347 e. The molecule has 0 aliphatic rings. The van der Waals surface area contributed by atoms with Crippen LogP contribution < -0.4 is 5.32 Å². The number of rotatable bonds is 6. The van der Waals surface area contributed by atoms with Crippen molar-refractivity contribution in [2.45, 2.75) is 39.4 Å². The summed E-state index contributed by atoms with van der Waals surface area (Å²) in [5, 5.41) is 3.49. The van der Waals surface area contributed by atoms with Crippen molar-refractivity contribution in [3.8, 4) is 0 Å². The number of aromatic amines is 1. The fraction of sp³-hybridized carbons (Fsp3) is 0.500. The summed E-state index contributed by atoms with van der Waals surface area (Å²) in [6.45, 7) is 6.04. The van der Waals surface area contributed by atoms with E-state index in [1.54, 1.807) is 6.20 Å². The number of hydrogen-bond donors (Lipinski definition) is 2. The van der Waals surface area contributed by atoms with E-state index in [1.807, 2.05) is 18.7 Å². The van der Waals surface area contributed by atoms with Gasteiger partial charge in [0.25, 0.3) is 0 Å². The van der Waals surface area contributed by atoms with E-state index in [9.17, 15) is 0 Å². The fourth-order valence-corrected chi connectivity index (χ4v) is 1.91. The molecule has 2 N–H and O–H groups in total. The minimum absolute atomic E-state index is 0.269. The molecule has 5 heteroatoms. The van der Waals surface area contributed by atoms with E-state index >= 15 is 0 Å². The highest BCUT2D eigenvalue weighted by Crippen LogP contribution is 2.12. The van der Waals surface area contributed by atoms with Crippen LogP contribution >= 0.6 is 0 Å². The molecular weight excluding hydrogens is 214 g/mol. The number of imidazole rings is 2. The SMILES string of the molecule is CCC(NCc1cncn1CC)c1ncc[nH]1. The molecule has 0 spiro atoms. The lowest BCUT2D eigenvalue weighted by Crippen LogP contribution is -2.22. The minimum atomic E-state index is 0.269. The molecule has 0 saturated carbocycles. The van der Waals surface area contributed by atoms with Crippen LogP contribution in [0.4, 0.5) is 0 Å². The second-order valence-corrected chi connectivity index (χ2v) is 3.99. The number of nitrogens with one attached hydrogen (secondary N) is 2. The van der Waals surface area contributed by atoms with Crippen LogP contribution in [0.3, 0.4) is 0 Å². The second kappa shape index (κ2) is 5.63. The van der Waals surface area contributed by atoms with Crippen molar-refractivity contribution in [3.63, 3.8) is 0 Å². The third kappa shape index (κ3) is 2.74. The Morgan fingerprint density at radius 3 is 3.00 bits per heavy atom. The van der Waals surface area contributed by atoms with Gasteiger partial charge in [-0.2, -0.15) is 0 Å². The normalized spacial score (nSPS) is 12.8. The smallest absolute Gasteiger partial charge is 0.123 e. The molecule has 5 nitrogen and oxygen atoms in total. The second-order valence-electron chi connectivity index (χ2n) is 3.99. The topological polar surface area (TPSA) is 58.5 Å². The van der Waals surface area contributed by atoms with Gasteiger partial charge in [0.05, 0.1) is 18.1 Å². The Balaban J connectivity index is 1.97. The van der Waals surface area contributed by atoms with Gasteiger partial charge in [0.2, 0.25) is 0 Å². The first-order valence-electron chi connectivity index (χ1n) is 6.06. The average molecular weight is 233 g/mol. The van der Waals surface area contributed by atoms with E-state index in [-0.39, 0.29) is 6.04 Å². The Hall–Kier alpha value is -1.62. The number of aryl methyl sites for hydroxylation is 1. The predicted molar refractivity (Wildman–Crippen MR) is 66.4 cm³/mol. The van der Waals surface area contributed by atoms with Crippen molar-refractivity contribution in [1.82, 2.24) is 24.8 Å². The zero-order valence-electron chi connectivity index (χ0n) is 10.3. The highest BCUT2D eigenvalue weighted by Gasteiger charge is 2.11. The summed E-state index contributed by atoms with van der Waals surface area (Å²) in [6.07, 6.45) is 8.43. The van der Waals surface area contributed by atoms with Crippen molar-refractivity contribution in [2.24, 2.45) is 0 Å². The summed E-state index contributed by atoms with van der Waals surface area (Å²) in [5.74, 6) is 0.995. The quantitative estimate of drug-likeness (QED) is 0.800. The van der Waals surface area contributed by atoms with Gasteiger partial charge in [0.15, 0.2) is 0 Å². The van der Waals surface area contributed by atoms with E-state index in [0.717, 1.165) is 25.3 Å². The van der Waals surface area contributed by atoms with E-state index in [0.29, 0.717) is 0 Å². The maximum Gasteiger partial charge on any atom is 0.123 e. The molecule has 0 fully saturated rings. The first-order chi connectivity index (χ1) is 8.35. The molecule has 0 aromatic carbocycles. The number of H-pyrrole nitrogens is 1. The lowest BCUT2D eigenvalue weighted by Gasteiger charge is -2.15. The number of nitrogens with zero attached hydrogens (tertiary/aromatic N) is 3. The zero-order valence-corrected chi connectivity index (χ0v) is 10.3. The Morgan fingerprint density at radius 2 is 2.35 bits per heavy atom. The van der Waals surface area contributed by atoms with Gasteiger partial charge in [-0.15, -0.1) is 0 Å². The molecule has 0 amide bonds. The van der Waals surface area contributed by atoms with E-state index in [4.69, 9.17) is 0 Å². The van der Waals surface area contributed by atoms with Crippen LogP contribution in [0.5, 0.6) is 0 Å². The summed E-state index contributed by atoms with van der Waals surface area (Å²) in [7, 11) is 0. The van der Waals surface area contributed by atoms with Crippen LogP contribution in [-0.4, -0.2) is 19.5 Å². The Morgan fingerprint density at radius 1 is 1.47 bits per heavy atom. The van der Waals surface area contributed by atoms with Gasteiger partial charge in [-0.25, -0.2) is 9.97 Å². The average Bonchev–Trinajstić information content (AvgIpc) is 2.99. The maximum atomic E-state index is 4.29. The molecule has 0 aliphatic carbocycles. The molecule has 2 aromatic rings. The van der Waals surface area contributed by atoms with Crippen LogP contribution in [0.1, 0.15) is 37.8 Å². The van der Waals surface area contributed by atoms with Crippen LogP contribution in [0, 0.1) is 0 Å². The van der Waals surface area contributed by atoms with Crippen molar-refractivity contribution in [2.75, 3.05) is 0 Å². The van der Waals surface area contributed by atoms with Crippen LogP contribution in [-0.2, 0) is 13.1 Å². The zero-order chi connectivity index (χ0) is 12.1. The predicted octanol–water partition coefficient (Wildman–Crippen LogP) is 1.87. The Labute approximate surface area is 101 Å². The summed E-state index contributed by atoms with van der Waals surface area (Å²) < 4.78 is 2.14. The van der Waals surface area contributed by atoms with E-state index in [1.165, 1.54) is 5.69 Å². The van der Waals surface area contributed by atoms with Gasteiger partial charge in [-0.1, -0.05) is 6.92 Å². The monoisotopic (exact) mass is 233 g/mol. The van der Waals surface area contributed by atoms with Crippen LogP contribution in [0.2, 0.25) is 0 Å². The van der Waals surface area contributed by atoms with Gasteiger partial charge in [0.1, 0.15) is 5.82 Å². The summed E-state index contributed by atoms with van der Waals surface area (Å²) in [6, 6.07) is 0.269. The molecule has 17 heavy (non-hydrogen) atoms. The molecule has 1 atom stereocenters. The lowest BCUT2D eigenvalue weighted by atomic mass is 10.2. The molecule has 2 aromatic heterocycles. The molecule has 92 valence electrons. The van der Waals surface area contributed by atoms with Crippen LogP contribution in [0.15, 0.2) is 24.9 Å². The third-order valence-corrected chi connectivity index (χ3v) is 2.93. The van der Waals surface area contributed by atoms with Gasteiger partial charge < -0.3 is 14.9 Å². The number of aromatic nitrogens is 4. The van der Waals surface area contributed by atoms with Crippen molar-refractivity contribution >= 4 is 0 Å². The van der Waals surface area contributed by atoms with Crippen molar-refractivity contribution in [1.29, 1.82) is 0 Å². The molecule has 1 unspecified atom stereocenters. The van der Waals surface area contributed by atoms with Gasteiger partial charge >= 0.3 is 0 Å².